The van der Waals surface area contributed by atoms with E-state index in [1.165, 1.54) is 11.3 Å². The summed E-state index contributed by atoms with van der Waals surface area (Å²) < 4.78 is 5.16. The summed E-state index contributed by atoms with van der Waals surface area (Å²) in [6.07, 6.45) is 0. The first-order chi connectivity index (χ1) is 7.70. The smallest absolute Gasteiger partial charge is 0.147 e. The number of ether oxygens (including phenoxy) is 1. The van der Waals surface area contributed by atoms with Crippen LogP contribution in [0.3, 0.4) is 0 Å². The number of nitrogens with two attached hydrogens (primary N) is 1. The molecule has 1 aromatic carbocycles. The van der Waals surface area contributed by atoms with Crippen molar-refractivity contribution >= 4 is 11.3 Å². The molecule has 84 valence electrons. The van der Waals surface area contributed by atoms with E-state index < -0.39 is 0 Å². The van der Waals surface area contributed by atoms with Gasteiger partial charge in [0.1, 0.15) is 15.8 Å². The molecule has 0 bridgehead atoms. The SMILES string of the molecule is COc1cccc(-c2nnc(C(C)N)s2)c1. The molecule has 2 rings (SSSR count). The van der Waals surface area contributed by atoms with E-state index in [0.29, 0.717) is 0 Å². The van der Waals surface area contributed by atoms with Gasteiger partial charge in [-0.25, -0.2) is 0 Å². The Labute approximate surface area is 98.1 Å². The lowest BCUT2D eigenvalue weighted by atomic mass is 10.2. The molecule has 0 radical (unpaired) electrons. The van der Waals surface area contributed by atoms with E-state index in [4.69, 9.17) is 10.5 Å². The monoisotopic (exact) mass is 235 g/mol. The molecular formula is C11H13N3OS. The summed E-state index contributed by atoms with van der Waals surface area (Å²) in [7, 11) is 1.65. The van der Waals surface area contributed by atoms with Gasteiger partial charge in [-0.05, 0) is 19.1 Å². The molecule has 4 nitrogen and oxygen atoms in total. The van der Waals surface area contributed by atoms with Gasteiger partial charge in [-0.15, -0.1) is 10.2 Å². The van der Waals surface area contributed by atoms with Crippen molar-refractivity contribution < 1.29 is 4.74 Å². The molecule has 1 atom stereocenters. The van der Waals surface area contributed by atoms with E-state index in [1.807, 2.05) is 31.2 Å². The summed E-state index contributed by atoms with van der Waals surface area (Å²) in [4.78, 5) is 0. The fourth-order valence-electron chi connectivity index (χ4n) is 1.29. The first kappa shape index (κ1) is 11.0. The maximum atomic E-state index is 5.74. The maximum absolute atomic E-state index is 5.74. The van der Waals surface area contributed by atoms with E-state index in [0.717, 1.165) is 21.3 Å². The van der Waals surface area contributed by atoms with E-state index in [2.05, 4.69) is 10.2 Å². The van der Waals surface area contributed by atoms with Crippen LogP contribution >= 0.6 is 11.3 Å². The average molecular weight is 235 g/mol. The lowest BCUT2D eigenvalue weighted by Gasteiger charge is -2.00. The van der Waals surface area contributed by atoms with Crippen molar-refractivity contribution in [1.82, 2.24) is 10.2 Å². The molecule has 0 aliphatic heterocycles. The summed E-state index contributed by atoms with van der Waals surface area (Å²) in [5.41, 5.74) is 6.75. The van der Waals surface area contributed by atoms with Crippen molar-refractivity contribution in [3.8, 4) is 16.3 Å². The zero-order valence-electron chi connectivity index (χ0n) is 9.18. The first-order valence-electron chi connectivity index (χ1n) is 4.94. The minimum atomic E-state index is -0.0724. The van der Waals surface area contributed by atoms with Crippen molar-refractivity contribution in [2.24, 2.45) is 5.73 Å². The minimum Gasteiger partial charge on any atom is -0.497 e. The number of hydrogen-bond donors (Lipinski definition) is 1. The molecule has 16 heavy (non-hydrogen) atoms. The van der Waals surface area contributed by atoms with Crippen molar-refractivity contribution in [2.75, 3.05) is 7.11 Å². The van der Waals surface area contributed by atoms with Crippen LogP contribution in [0.25, 0.3) is 10.6 Å². The van der Waals surface area contributed by atoms with Crippen molar-refractivity contribution in [3.63, 3.8) is 0 Å². The molecular weight excluding hydrogens is 222 g/mol. The van der Waals surface area contributed by atoms with Gasteiger partial charge in [0.05, 0.1) is 13.2 Å². The Morgan fingerprint density at radius 3 is 2.81 bits per heavy atom. The van der Waals surface area contributed by atoms with Crippen LogP contribution in [0, 0.1) is 0 Å². The van der Waals surface area contributed by atoms with E-state index in [1.54, 1.807) is 7.11 Å². The normalized spacial score (nSPS) is 12.4. The van der Waals surface area contributed by atoms with E-state index in [9.17, 15) is 0 Å². The predicted molar refractivity (Wildman–Crippen MR) is 64.5 cm³/mol. The third kappa shape index (κ3) is 2.20. The van der Waals surface area contributed by atoms with Gasteiger partial charge in [0.25, 0.3) is 0 Å². The summed E-state index contributed by atoms with van der Waals surface area (Å²) >= 11 is 1.51. The lowest BCUT2D eigenvalue weighted by Crippen LogP contribution is -2.03. The molecule has 2 N–H and O–H groups in total. The van der Waals surface area contributed by atoms with Crippen LogP contribution in [-0.2, 0) is 0 Å². The highest BCUT2D eigenvalue weighted by Crippen LogP contribution is 2.28. The quantitative estimate of drug-likeness (QED) is 0.886. The molecule has 0 amide bonds. The van der Waals surface area contributed by atoms with Gasteiger partial charge in [0, 0.05) is 5.56 Å². The van der Waals surface area contributed by atoms with Crippen molar-refractivity contribution in [2.45, 2.75) is 13.0 Å². The Bertz CT molecular complexity index is 482. The minimum absolute atomic E-state index is 0.0724. The molecule has 0 aliphatic carbocycles. The average Bonchev–Trinajstić information content (AvgIpc) is 2.78. The molecule has 1 unspecified atom stereocenters. The molecule has 5 heteroatoms. The Kier molecular flexibility index (Phi) is 3.17. The zero-order valence-corrected chi connectivity index (χ0v) is 9.99. The Morgan fingerprint density at radius 2 is 2.19 bits per heavy atom. The topological polar surface area (TPSA) is 61.0 Å². The third-order valence-electron chi connectivity index (χ3n) is 2.15. The second kappa shape index (κ2) is 4.59. The summed E-state index contributed by atoms with van der Waals surface area (Å²) in [6, 6.07) is 7.68. The third-order valence-corrected chi connectivity index (χ3v) is 3.32. The molecule has 1 aromatic heterocycles. The second-order valence-corrected chi connectivity index (χ2v) is 4.48. The van der Waals surface area contributed by atoms with Gasteiger partial charge >= 0.3 is 0 Å². The van der Waals surface area contributed by atoms with Crippen LogP contribution in [0.2, 0.25) is 0 Å². The number of aromatic nitrogens is 2. The fourth-order valence-corrected chi connectivity index (χ4v) is 2.08. The van der Waals surface area contributed by atoms with Crippen LogP contribution in [0.1, 0.15) is 18.0 Å². The maximum Gasteiger partial charge on any atom is 0.147 e. The summed E-state index contributed by atoms with van der Waals surface area (Å²) in [5, 5.41) is 9.88. The van der Waals surface area contributed by atoms with Gasteiger partial charge in [-0.1, -0.05) is 23.5 Å². The van der Waals surface area contributed by atoms with Crippen LogP contribution in [0.5, 0.6) is 5.75 Å². The van der Waals surface area contributed by atoms with Gasteiger partial charge in [0.2, 0.25) is 0 Å². The van der Waals surface area contributed by atoms with Crippen LogP contribution in [-0.4, -0.2) is 17.3 Å². The van der Waals surface area contributed by atoms with Crippen molar-refractivity contribution in [1.29, 1.82) is 0 Å². The molecule has 0 aliphatic rings. The Morgan fingerprint density at radius 1 is 1.38 bits per heavy atom. The van der Waals surface area contributed by atoms with Crippen LogP contribution < -0.4 is 10.5 Å². The Balaban J connectivity index is 2.34. The van der Waals surface area contributed by atoms with E-state index >= 15 is 0 Å². The van der Waals surface area contributed by atoms with Gasteiger partial charge in [-0.2, -0.15) is 0 Å². The predicted octanol–water partition coefficient (Wildman–Crippen LogP) is 2.23. The Hall–Kier alpha value is -1.46. The summed E-state index contributed by atoms with van der Waals surface area (Å²) in [5.74, 6) is 0.815. The largest absolute Gasteiger partial charge is 0.497 e. The molecule has 1 heterocycles. The molecule has 0 saturated heterocycles. The van der Waals surface area contributed by atoms with Crippen LogP contribution in [0.4, 0.5) is 0 Å². The van der Waals surface area contributed by atoms with Gasteiger partial charge in [0.15, 0.2) is 0 Å². The number of methoxy groups -OCH3 is 1. The zero-order chi connectivity index (χ0) is 11.5. The molecule has 0 fully saturated rings. The fraction of sp³-hybridized carbons (Fsp3) is 0.273. The molecule has 0 spiro atoms. The van der Waals surface area contributed by atoms with Crippen molar-refractivity contribution in [3.05, 3.63) is 29.3 Å². The second-order valence-electron chi connectivity index (χ2n) is 3.47. The van der Waals surface area contributed by atoms with Gasteiger partial charge in [-0.3, -0.25) is 0 Å². The van der Waals surface area contributed by atoms with Gasteiger partial charge < -0.3 is 10.5 Å². The first-order valence-corrected chi connectivity index (χ1v) is 5.76. The standard InChI is InChI=1S/C11H13N3OS/c1-7(12)10-13-14-11(16-10)8-4-3-5-9(6-8)15-2/h3-7H,12H2,1-2H3. The number of hydrogen-bond acceptors (Lipinski definition) is 5. The number of rotatable bonds is 3. The molecule has 2 aromatic rings. The lowest BCUT2D eigenvalue weighted by molar-refractivity contribution is 0.415. The summed E-state index contributed by atoms with van der Waals surface area (Å²) in [6.45, 7) is 1.90. The highest BCUT2D eigenvalue weighted by molar-refractivity contribution is 7.14. The van der Waals surface area contributed by atoms with Crippen LogP contribution in [0.15, 0.2) is 24.3 Å². The highest BCUT2D eigenvalue weighted by atomic mass is 32.1. The van der Waals surface area contributed by atoms with E-state index in [-0.39, 0.29) is 6.04 Å². The number of nitrogens with zero attached hydrogens (tertiary/aromatic N) is 2. The highest BCUT2D eigenvalue weighted by Gasteiger charge is 2.09. The molecule has 0 saturated carbocycles. The number of benzene rings is 1.